The normalized spacial score (nSPS) is 25.4. The molecule has 1 aliphatic heterocycles. The van der Waals surface area contributed by atoms with Crippen LogP contribution in [-0.2, 0) is 0 Å². The van der Waals surface area contributed by atoms with Gasteiger partial charge in [0.15, 0.2) is 0 Å². The second kappa shape index (κ2) is 8.23. The number of likely N-dealkylation sites (N-methyl/N-ethyl adjacent to an activating group) is 1. The van der Waals surface area contributed by atoms with Crippen molar-refractivity contribution in [3.63, 3.8) is 0 Å². The molecule has 3 heteroatoms. The fraction of sp³-hybridized carbons (Fsp3) is 1.00. The second-order valence-corrected chi connectivity index (χ2v) is 6.62. The zero-order valence-electron chi connectivity index (χ0n) is 13.8. The summed E-state index contributed by atoms with van der Waals surface area (Å²) in [5.74, 6) is 0. The van der Waals surface area contributed by atoms with Gasteiger partial charge in [-0.05, 0) is 31.8 Å². The number of hydrogen-bond acceptors (Lipinski definition) is 3. The Balaban J connectivity index is 2.53. The van der Waals surface area contributed by atoms with Gasteiger partial charge in [0, 0.05) is 38.8 Å². The van der Waals surface area contributed by atoms with E-state index in [9.17, 15) is 0 Å². The van der Waals surface area contributed by atoms with E-state index in [-0.39, 0.29) is 0 Å². The van der Waals surface area contributed by atoms with Gasteiger partial charge in [0.1, 0.15) is 0 Å². The third kappa shape index (κ3) is 5.41. The molecule has 1 aliphatic rings. The summed E-state index contributed by atoms with van der Waals surface area (Å²) in [6.45, 7) is 16.5. The molecule has 1 fully saturated rings. The van der Waals surface area contributed by atoms with E-state index in [1.165, 1.54) is 45.4 Å². The fourth-order valence-corrected chi connectivity index (χ4v) is 3.39. The Bertz CT molecular complexity index is 244. The van der Waals surface area contributed by atoms with Crippen LogP contribution in [0.1, 0.15) is 47.0 Å². The number of nitrogens with one attached hydrogen (secondary N) is 1. The van der Waals surface area contributed by atoms with Crippen molar-refractivity contribution in [3.8, 4) is 0 Å². The molecule has 0 bridgehead atoms. The molecule has 0 amide bonds. The van der Waals surface area contributed by atoms with Crippen LogP contribution in [0, 0.1) is 5.41 Å². The third-order valence-electron chi connectivity index (χ3n) is 4.59. The Hall–Kier alpha value is -0.120. The monoisotopic (exact) mass is 269 g/mol. The molecule has 114 valence electrons. The zero-order chi connectivity index (χ0) is 14.3. The quantitative estimate of drug-likeness (QED) is 0.730. The van der Waals surface area contributed by atoms with E-state index in [4.69, 9.17) is 0 Å². The Kier molecular flexibility index (Phi) is 7.33. The first-order valence-corrected chi connectivity index (χ1v) is 8.18. The molecule has 0 aromatic heterocycles. The van der Waals surface area contributed by atoms with Crippen LogP contribution < -0.4 is 5.32 Å². The topological polar surface area (TPSA) is 18.5 Å². The lowest BCUT2D eigenvalue weighted by Gasteiger charge is -2.43. The second-order valence-electron chi connectivity index (χ2n) is 6.62. The standard InChI is InChI=1S/C16H35N3/c1-6-9-16(4,13-17-8-3)14-19-11-10-18(5)15(7-2)12-19/h15,17H,6-14H2,1-5H3. The van der Waals surface area contributed by atoms with E-state index < -0.39 is 0 Å². The minimum Gasteiger partial charge on any atom is -0.316 e. The summed E-state index contributed by atoms with van der Waals surface area (Å²) in [6, 6.07) is 0.749. The van der Waals surface area contributed by atoms with Crippen LogP contribution in [0.15, 0.2) is 0 Å². The first-order valence-electron chi connectivity index (χ1n) is 8.18. The first-order chi connectivity index (χ1) is 9.04. The van der Waals surface area contributed by atoms with Gasteiger partial charge in [-0.3, -0.25) is 4.90 Å². The average molecular weight is 269 g/mol. The lowest BCUT2D eigenvalue weighted by Crippen LogP contribution is -2.54. The minimum atomic E-state index is 0.430. The Morgan fingerprint density at radius 1 is 1.21 bits per heavy atom. The summed E-state index contributed by atoms with van der Waals surface area (Å²) in [5, 5.41) is 3.56. The Morgan fingerprint density at radius 3 is 2.53 bits per heavy atom. The van der Waals surface area contributed by atoms with Crippen molar-refractivity contribution in [2.24, 2.45) is 5.41 Å². The highest BCUT2D eigenvalue weighted by molar-refractivity contribution is 4.85. The highest BCUT2D eigenvalue weighted by Crippen LogP contribution is 2.25. The average Bonchev–Trinajstić information content (AvgIpc) is 2.39. The van der Waals surface area contributed by atoms with Gasteiger partial charge in [0.25, 0.3) is 0 Å². The van der Waals surface area contributed by atoms with Crippen LogP contribution >= 0.6 is 0 Å². The molecule has 0 aliphatic carbocycles. The van der Waals surface area contributed by atoms with Crippen molar-refractivity contribution >= 4 is 0 Å². The van der Waals surface area contributed by atoms with Gasteiger partial charge in [0.2, 0.25) is 0 Å². The highest BCUT2D eigenvalue weighted by Gasteiger charge is 2.30. The van der Waals surface area contributed by atoms with Crippen molar-refractivity contribution in [3.05, 3.63) is 0 Å². The van der Waals surface area contributed by atoms with Gasteiger partial charge in [0.05, 0.1) is 0 Å². The van der Waals surface area contributed by atoms with Gasteiger partial charge < -0.3 is 10.2 Å². The maximum atomic E-state index is 3.56. The van der Waals surface area contributed by atoms with Crippen LogP contribution in [0.5, 0.6) is 0 Å². The van der Waals surface area contributed by atoms with Gasteiger partial charge >= 0.3 is 0 Å². The van der Waals surface area contributed by atoms with E-state index >= 15 is 0 Å². The van der Waals surface area contributed by atoms with Crippen molar-refractivity contribution in [2.45, 2.75) is 53.0 Å². The summed E-state index contributed by atoms with van der Waals surface area (Å²) in [7, 11) is 2.27. The minimum absolute atomic E-state index is 0.430. The molecule has 0 aromatic carbocycles. The van der Waals surface area contributed by atoms with Crippen LogP contribution in [0.4, 0.5) is 0 Å². The number of piperazine rings is 1. The molecule has 1 rings (SSSR count). The lowest BCUT2D eigenvalue weighted by atomic mass is 9.84. The molecule has 0 spiro atoms. The molecule has 2 unspecified atom stereocenters. The van der Waals surface area contributed by atoms with E-state index in [1.54, 1.807) is 0 Å². The van der Waals surface area contributed by atoms with Gasteiger partial charge in [-0.1, -0.05) is 34.1 Å². The third-order valence-corrected chi connectivity index (χ3v) is 4.59. The molecule has 2 atom stereocenters. The fourth-order valence-electron chi connectivity index (χ4n) is 3.39. The van der Waals surface area contributed by atoms with Crippen molar-refractivity contribution < 1.29 is 0 Å². The van der Waals surface area contributed by atoms with Crippen LogP contribution in [-0.4, -0.2) is 62.2 Å². The molecular formula is C16H35N3. The molecule has 19 heavy (non-hydrogen) atoms. The molecule has 1 heterocycles. The molecule has 0 saturated carbocycles. The maximum Gasteiger partial charge on any atom is 0.0218 e. The van der Waals surface area contributed by atoms with Crippen molar-refractivity contribution in [1.82, 2.24) is 15.1 Å². The molecule has 1 N–H and O–H groups in total. The molecule has 0 aromatic rings. The molecule has 1 saturated heterocycles. The predicted molar refractivity (Wildman–Crippen MR) is 84.7 cm³/mol. The van der Waals surface area contributed by atoms with E-state index in [0.717, 1.165) is 19.1 Å². The Morgan fingerprint density at radius 2 is 1.95 bits per heavy atom. The predicted octanol–water partition coefficient (Wildman–Crippen LogP) is 2.43. The van der Waals surface area contributed by atoms with E-state index in [0.29, 0.717) is 5.41 Å². The van der Waals surface area contributed by atoms with Crippen LogP contribution in [0.25, 0.3) is 0 Å². The first kappa shape index (κ1) is 16.9. The molecule has 3 nitrogen and oxygen atoms in total. The van der Waals surface area contributed by atoms with Crippen molar-refractivity contribution in [2.75, 3.05) is 46.3 Å². The highest BCUT2D eigenvalue weighted by atomic mass is 15.3. The SMILES string of the molecule is CCCC(C)(CNCC)CN1CCN(C)C(CC)C1. The van der Waals surface area contributed by atoms with Crippen LogP contribution in [0.2, 0.25) is 0 Å². The zero-order valence-corrected chi connectivity index (χ0v) is 13.8. The maximum absolute atomic E-state index is 3.56. The summed E-state index contributed by atoms with van der Waals surface area (Å²) in [4.78, 5) is 5.22. The summed E-state index contributed by atoms with van der Waals surface area (Å²) >= 11 is 0. The molecule has 0 radical (unpaired) electrons. The van der Waals surface area contributed by atoms with Gasteiger partial charge in [-0.2, -0.15) is 0 Å². The van der Waals surface area contributed by atoms with Crippen molar-refractivity contribution in [1.29, 1.82) is 0 Å². The summed E-state index contributed by atoms with van der Waals surface area (Å²) < 4.78 is 0. The molecular weight excluding hydrogens is 234 g/mol. The number of nitrogens with zero attached hydrogens (tertiary/aromatic N) is 2. The summed E-state index contributed by atoms with van der Waals surface area (Å²) in [5.41, 5.74) is 0.430. The Labute approximate surface area is 120 Å². The number of rotatable bonds is 8. The lowest BCUT2D eigenvalue weighted by molar-refractivity contribution is 0.0581. The van der Waals surface area contributed by atoms with Crippen LogP contribution in [0.3, 0.4) is 0 Å². The summed E-state index contributed by atoms with van der Waals surface area (Å²) in [6.07, 6.45) is 3.88. The van der Waals surface area contributed by atoms with E-state index in [2.05, 4.69) is 49.9 Å². The van der Waals surface area contributed by atoms with E-state index in [1.807, 2.05) is 0 Å². The van der Waals surface area contributed by atoms with Gasteiger partial charge in [-0.15, -0.1) is 0 Å². The number of hydrogen-bond donors (Lipinski definition) is 1. The smallest absolute Gasteiger partial charge is 0.0218 e. The largest absolute Gasteiger partial charge is 0.316 e. The van der Waals surface area contributed by atoms with Gasteiger partial charge in [-0.25, -0.2) is 0 Å².